The zero-order valence-corrected chi connectivity index (χ0v) is 14.8. The van der Waals surface area contributed by atoms with Gasteiger partial charge in [0.15, 0.2) is 0 Å². The molecule has 2 aliphatic rings. The van der Waals surface area contributed by atoms with E-state index in [1.807, 2.05) is 17.1 Å². The Labute approximate surface area is 149 Å². The first-order valence-electron chi connectivity index (χ1n) is 9.31. The molecule has 1 aromatic carbocycles. The molecule has 2 aliphatic heterocycles. The number of benzene rings is 1. The summed E-state index contributed by atoms with van der Waals surface area (Å²) in [6.45, 7) is 4.75. The summed E-state index contributed by atoms with van der Waals surface area (Å²) >= 11 is 0. The maximum atomic E-state index is 11.9. The fourth-order valence-electron chi connectivity index (χ4n) is 4.49. The van der Waals surface area contributed by atoms with E-state index in [4.69, 9.17) is 0 Å². The lowest BCUT2D eigenvalue weighted by Crippen LogP contribution is -2.47. The SMILES string of the molecule is CC(=O)N1CCCC1C1CCCN1Cc1ccc(-n2ccnc2)cc1. The first-order chi connectivity index (χ1) is 12.2. The molecule has 4 rings (SSSR count). The van der Waals surface area contributed by atoms with Gasteiger partial charge in [0.05, 0.1) is 6.33 Å². The molecule has 2 atom stereocenters. The van der Waals surface area contributed by atoms with Crippen molar-refractivity contribution in [2.45, 2.75) is 51.2 Å². The molecular formula is C20H26N4O. The molecule has 0 saturated carbocycles. The van der Waals surface area contributed by atoms with Gasteiger partial charge in [0.25, 0.3) is 0 Å². The van der Waals surface area contributed by atoms with Crippen molar-refractivity contribution in [3.05, 3.63) is 48.5 Å². The highest BCUT2D eigenvalue weighted by molar-refractivity contribution is 5.74. The number of carbonyl (C=O) groups is 1. The molecule has 3 heterocycles. The van der Waals surface area contributed by atoms with Gasteiger partial charge in [-0.15, -0.1) is 0 Å². The summed E-state index contributed by atoms with van der Waals surface area (Å²) in [5.41, 5.74) is 2.47. The summed E-state index contributed by atoms with van der Waals surface area (Å²) in [6, 6.07) is 9.65. The molecule has 25 heavy (non-hydrogen) atoms. The molecule has 2 saturated heterocycles. The molecule has 132 valence electrons. The van der Waals surface area contributed by atoms with E-state index in [2.05, 4.69) is 39.0 Å². The fourth-order valence-corrected chi connectivity index (χ4v) is 4.49. The first kappa shape index (κ1) is 16.3. The van der Waals surface area contributed by atoms with Gasteiger partial charge in [-0.25, -0.2) is 4.98 Å². The van der Waals surface area contributed by atoms with E-state index in [1.165, 1.54) is 18.4 Å². The Morgan fingerprint density at radius 2 is 1.88 bits per heavy atom. The molecule has 5 heteroatoms. The predicted molar refractivity (Wildman–Crippen MR) is 97.4 cm³/mol. The van der Waals surface area contributed by atoms with Crippen LogP contribution in [0, 0.1) is 0 Å². The van der Waals surface area contributed by atoms with Crippen molar-refractivity contribution in [2.75, 3.05) is 13.1 Å². The largest absolute Gasteiger partial charge is 0.338 e. The normalized spacial score (nSPS) is 24.1. The number of hydrogen-bond acceptors (Lipinski definition) is 3. The average molecular weight is 338 g/mol. The zero-order chi connectivity index (χ0) is 17.2. The van der Waals surface area contributed by atoms with Crippen molar-refractivity contribution in [3.63, 3.8) is 0 Å². The Kier molecular flexibility index (Phi) is 4.57. The maximum absolute atomic E-state index is 11.9. The van der Waals surface area contributed by atoms with E-state index in [-0.39, 0.29) is 5.91 Å². The lowest BCUT2D eigenvalue weighted by Gasteiger charge is -2.34. The van der Waals surface area contributed by atoms with Crippen molar-refractivity contribution < 1.29 is 4.79 Å². The van der Waals surface area contributed by atoms with E-state index in [0.29, 0.717) is 12.1 Å². The third kappa shape index (κ3) is 3.33. The number of imidazole rings is 1. The second-order valence-corrected chi connectivity index (χ2v) is 7.24. The highest BCUT2D eigenvalue weighted by Crippen LogP contribution is 2.31. The summed E-state index contributed by atoms with van der Waals surface area (Å²) in [6.07, 6.45) is 10.3. The highest BCUT2D eigenvalue weighted by Gasteiger charge is 2.38. The lowest BCUT2D eigenvalue weighted by atomic mass is 10.0. The standard InChI is InChI=1S/C20H26N4O/c1-16(25)24-12-3-5-20(24)19-4-2-11-22(19)14-17-6-8-18(9-7-17)23-13-10-21-15-23/h6-10,13,15,19-20H,2-5,11-12,14H2,1H3. The van der Waals surface area contributed by atoms with Crippen LogP contribution in [0.5, 0.6) is 0 Å². The Balaban J connectivity index is 1.45. The van der Waals surface area contributed by atoms with Crippen LogP contribution in [0.3, 0.4) is 0 Å². The van der Waals surface area contributed by atoms with Gasteiger partial charge in [-0.1, -0.05) is 12.1 Å². The number of carbonyl (C=O) groups excluding carboxylic acids is 1. The number of amides is 1. The average Bonchev–Trinajstić information content (AvgIpc) is 3.36. The molecule has 0 aliphatic carbocycles. The van der Waals surface area contributed by atoms with Crippen LogP contribution in [0.25, 0.3) is 5.69 Å². The van der Waals surface area contributed by atoms with Crippen LogP contribution in [0.15, 0.2) is 43.0 Å². The Hall–Kier alpha value is -2.14. The third-order valence-corrected chi connectivity index (χ3v) is 5.69. The van der Waals surface area contributed by atoms with Crippen molar-refractivity contribution in [3.8, 4) is 5.69 Å². The van der Waals surface area contributed by atoms with E-state index in [9.17, 15) is 4.79 Å². The Morgan fingerprint density at radius 1 is 1.12 bits per heavy atom. The minimum atomic E-state index is 0.235. The van der Waals surface area contributed by atoms with Crippen molar-refractivity contribution in [1.29, 1.82) is 0 Å². The van der Waals surface area contributed by atoms with Gasteiger partial charge in [-0.2, -0.15) is 0 Å². The van der Waals surface area contributed by atoms with Crippen molar-refractivity contribution in [2.24, 2.45) is 0 Å². The Bertz CT molecular complexity index is 710. The van der Waals surface area contributed by atoms with Gasteiger partial charge < -0.3 is 9.47 Å². The second-order valence-electron chi connectivity index (χ2n) is 7.24. The highest BCUT2D eigenvalue weighted by atomic mass is 16.2. The molecule has 0 bridgehead atoms. The van der Waals surface area contributed by atoms with Crippen molar-refractivity contribution in [1.82, 2.24) is 19.4 Å². The van der Waals surface area contributed by atoms with Gasteiger partial charge in [0.1, 0.15) is 0 Å². The molecule has 0 radical (unpaired) electrons. The van der Waals surface area contributed by atoms with E-state index in [0.717, 1.165) is 38.2 Å². The Morgan fingerprint density at radius 3 is 2.60 bits per heavy atom. The fraction of sp³-hybridized carbons (Fsp3) is 0.500. The second kappa shape index (κ2) is 7.00. The van der Waals surface area contributed by atoms with Crippen LogP contribution in [0.4, 0.5) is 0 Å². The third-order valence-electron chi connectivity index (χ3n) is 5.69. The van der Waals surface area contributed by atoms with Crippen LogP contribution >= 0.6 is 0 Å². The smallest absolute Gasteiger partial charge is 0.219 e. The van der Waals surface area contributed by atoms with Gasteiger partial charge in [-0.05, 0) is 49.9 Å². The molecule has 0 spiro atoms. The van der Waals surface area contributed by atoms with Crippen LogP contribution < -0.4 is 0 Å². The molecule has 1 amide bonds. The van der Waals surface area contributed by atoms with E-state index >= 15 is 0 Å². The van der Waals surface area contributed by atoms with Gasteiger partial charge >= 0.3 is 0 Å². The zero-order valence-electron chi connectivity index (χ0n) is 14.8. The summed E-state index contributed by atoms with van der Waals surface area (Å²) in [5, 5.41) is 0. The van der Waals surface area contributed by atoms with Crippen LogP contribution in [-0.2, 0) is 11.3 Å². The number of rotatable bonds is 4. The monoisotopic (exact) mass is 338 g/mol. The first-order valence-corrected chi connectivity index (χ1v) is 9.31. The molecule has 2 aromatic rings. The summed E-state index contributed by atoms with van der Waals surface area (Å²) < 4.78 is 2.02. The summed E-state index contributed by atoms with van der Waals surface area (Å²) in [4.78, 5) is 20.7. The topological polar surface area (TPSA) is 41.4 Å². The number of aromatic nitrogens is 2. The number of nitrogens with zero attached hydrogens (tertiary/aromatic N) is 4. The van der Waals surface area contributed by atoms with Gasteiger partial charge in [0.2, 0.25) is 5.91 Å². The van der Waals surface area contributed by atoms with Crippen LogP contribution in [-0.4, -0.2) is 50.4 Å². The maximum Gasteiger partial charge on any atom is 0.219 e. The van der Waals surface area contributed by atoms with E-state index < -0.39 is 0 Å². The van der Waals surface area contributed by atoms with Crippen LogP contribution in [0.1, 0.15) is 38.2 Å². The number of hydrogen-bond donors (Lipinski definition) is 0. The lowest BCUT2D eigenvalue weighted by molar-refractivity contribution is -0.130. The molecule has 0 N–H and O–H groups in total. The predicted octanol–water partition coefficient (Wildman–Crippen LogP) is 2.85. The summed E-state index contributed by atoms with van der Waals surface area (Å²) in [5.74, 6) is 0.235. The molecule has 2 unspecified atom stereocenters. The van der Waals surface area contributed by atoms with Crippen molar-refractivity contribution >= 4 is 5.91 Å². The molecule has 1 aromatic heterocycles. The van der Waals surface area contributed by atoms with Gasteiger partial charge in [-0.3, -0.25) is 9.69 Å². The van der Waals surface area contributed by atoms with Gasteiger partial charge in [0, 0.05) is 50.2 Å². The molecule has 2 fully saturated rings. The van der Waals surface area contributed by atoms with E-state index in [1.54, 1.807) is 13.1 Å². The molecular weight excluding hydrogens is 312 g/mol. The minimum absolute atomic E-state index is 0.235. The quantitative estimate of drug-likeness (QED) is 0.861. The number of likely N-dealkylation sites (tertiary alicyclic amines) is 2. The molecule has 5 nitrogen and oxygen atoms in total. The summed E-state index contributed by atoms with van der Waals surface area (Å²) in [7, 11) is 0. The van der Waals surface area contributed by atoms with Crippen LogP contribution in [0.2, 0.25) is 0 Å². The minimum Gasteiger partial charge on any atom is -0.338 e.